The van der Waals surface area contributed by atoms with Crippen LogP contribution >= 0.6 is 0 Å². The first-order chi connectivity index (χ1) is 18.9. The molecule has 220 valence electrons. The Bertz CT molecular complexity index is 1190. The minimum Gasteiger partial charge on any atom is -0.385 e. The number of hydrogen-bond acceptors (Lipinski definition) is 4. The van der Waals surface area contributed by atoms with Crippen molar-refractivity contribution in [1.82, 2.24) is 15.5 Å². The van der Waals surface area contributed by atoms with Crippen molar-refractivity contribution in [3.63, 3.8) is 0 Å². The van der Waals surface area contributed by atoms with E-state index in [1.807, 2.05) is 0 Å². The zero-order chi connectivity index (χ0) is 29.5. The predicted molar refractivity (Wildman–Crippen MR) is 141 cm³/mol. The van der Waals surface area contributed by atoms with Crippen LogP contribution in [0.4, 0.5) is 22.0 Å². The van der Waals surface area contributed by atoms with Crippen LogP contribution in [0.5, 0.6) is 0 Å². The van der Waals surface area contributed by atoms with Gasteiger partial charge in [0.1, 0.15) is 11.6 Å². The van der Waals surface area contributed by atoms with Crippen molar-refractivity contribution < 1.29 is 36.6 Å². The van der Waals surface area contributed by atoms with E-state index < -0.39 is 35.2 Å². The van der Waals surface area contributed by atoms with E-state index in [0.717, 1.165) is 6.07 Å². The molecule has 1 fully saturated rings. The van der Waals surface area contributed by atoms with Gasteiger partial charge in [-0.2, -0.15) is 13.2 Å². The number of halogens is 5. The zero-order valence-electron chi connectivity index (χ0n) is 22.7. The molecule has 3 rings (SSSR count). The average Bonchev–Trinajstić information content (AvgIpc) is 2.91. The molecule has 3 N–H and O–H groups in total. The number of alkyl halides is 3. The SMILES string of the molecule is CNCCCC(=O)N1CCCC([C@@](O)(CCCNC(=O)C(F)(F)F)c2cccc(F)c2-c2cc(C)ccc2F)C1. The molecule has 40 heavy (non-hydrogen) atoms. The largest absolute Gasteiger partial charge is 0.471 e. The Morgan fingerprint density at radius 3 is 2.52 bits per heavy atom. The van der Waals surface area contributed by atoms with E-state index in [0.29, 0.717) is 44.3 Å². The van der Waals surface area contributed by atoms with Gasteiger partial charge in [0.2, 0.25) is 5.91 Å². The molecule has 2 aromatic rings. The topological polar surface area (TPSA) is 81.7 Å². The Morgan fingerprint density at radius 2 is 1.82 bits per heavy atom. The van der Waals surface area contributed by atoms with Gasteiger partial charge >= 0.3 is 12.1 Å². The second-order valence-electron chi connectivity index (χ2n) is 10.3. The zero-order valence-corrected chi connectivity index (χ0v) is 22.7. The number of aliphatic hydroxyl groups is 1. The van der Waals surface area contributed by atoms with Crippen molar-refractivity contribution in [3.8, 4) is 11.1 Å². The van der Waals surface area contributed by atoms with Gasteiger partial charge in [0.25, 0.3) is 0 Å². The molecular formula is C29H36F5N3O3. The number of piperidine rings is 1. The van der Waals surface area contributed by atoms with Crippen LogP contribution in [-0.4, -0.2) is 61.2 Å². The monoisotopic (exact) mass is 569 g/mol. The van der Waals surface area contributed by atoms with Gasteiger partial charge in [0.15, 0.2) is 0 Å². The lowest BCUT2D eigenvalue weighted by Gasteiger charge is -2.43. The molecule has 1 unspecified atom stereocenters. The van der Waals surface area contributed by atoms with Crippen LogP contribution in [0.1, 0.15) is 49.7 Å². The maximum atomic E-state index is 15.4. The summed E-state index contributed by atoms with van der Waals surface area (Å²) >= 11 is 0. The molecule has 6 nitrogen and oxygen atoms in total. The van der Waals surface area contributed by atoms with E-state index >= 15 is 8.78 Å². The lowest BCUT2D eigenvalue weighted by molar-refractivity contribution is -0.173. The lowest BCUT2D eigenvalue weighted by atomic mass is 9.72. The molecule has 0 aromatic heterocycles. The van der Waals surface area contributed by atoms with Crippen molar-refractivity contribution in [2.24, 2.45) is 5.92 Å². The molecule has 11 heteroatoms. The summed E-state index contributed by atoms with van der Waals surface area (Å²) < 4.78 is 68.4. The van der Waals surface area contributed by atoms with E-state index in [1.165, 1.54) is 30.3 Å². The summed E-state index contributed by atoms with van der Waals surface area (Å²) in [6, 6.07) is 8.25. The third kappa shape index (κ3) is 7.57. The number of benzene rings is 2. The number of carbonyl (C=O) groups is 2. The Kier molecular flexibility index (Phi) is 10.7. The molecule has 0 bridgehead atoms. The number of carbonyl (C=O) groups excluding carboxylic acids is 2. The molecule has 2 amide bonds. The molecular weight excluding hydrogens is 533 g/mol. The summed E-state index contributed by atoms with van der Waals surface area (Å²) in [5.74, 6) is -4.26. The van der Waals surface area contributed by atoms with Crippen LogP contribution in [0, 0.1) is 24.5 Å². The van der Waals surface area contributed by atoms with E-state index in [1.54, 1.807) is 24.2 Å². The minimum atomic E-state index is -5.05. The summed E-state index contributed by atoms with van der Waals surface area (Å²) in [4.78, 5) is 25.8. The second kappa shape index (κ2) is 13.5. The van der Waals surface area contributed by atoms with Gasteiger partial charge in [-0.25, -0.2) is 8.78 Å². The lowest BCUT2D eigenvalue weighted by Crippen LogP contribution is -2.48. The van der Waals surface area contributed by atoms with Gasteiger partial charge in [0, 0.05) is 43.1 Å². The van der Waals surface area contributed by atoms with Gasteiger partial charge in [-0.15, -0.1) is 0 Å². The molecule has 1 aliphatic heterocycles. The molecule has 1 heterocycles. The van der Waals surface area contributed by atoms with E-state index in [-0.39, 0.29) is 48.5 Å². The van der Waals surface area contributed by atoms with Crippen LogP contribution < -0.4 is 10.6 Å². The molecule has 1 aliphatic rings. The van der Waals surface area contributed by atoms with Crippen LogP contribution in [0.15, 0.2) is 36.4 Å². The fraction of sp³-hybridized carbons (Fsp3) is 0.517. The van der Waals surface area contributed by atoms with Crippen LogP contribution in [0.25, 0.3) is 11.1 Å². The quantitative estimate of drug-likeness (QED) is 0.268. The van der Waals surface area contributed by atoms with Gasteiger partial charge in [-0.3, -0.25) is 9.59 Å². The van der Waals surface area contributed by atoms with Crippen LogP contribution in [0.2, 0.25) is 0 Å². The molecule has 0 radical (unpaired) electrons. The fourth-order valence-corrected chi connectivity index (χ4v) is 5.38. The van der Waals surface area contributed by atoms with Gasteiger partial charge in [0.05, 0.1) is 5.60 Å². The summed E-state index contributed by atoms with van der Waals surface area (Å²) in [6.45, 7) is 2.62. The first kappa shape index (κ1) is 31.5. The number of nitrogens with zero attached hydrogens (tertiary/aromatic N) is 1. The van der Waals surface area contributed by atoms with Gasteiger partial charge in [-0.1, -0.05) is 23.8 Å². The van der Waals surface area contributed by atoms with Crippen molar-refractivity contribution in [2.45, 2.75) is 57.2 Å². The number of aryl methyl sites for hydroxylation is 1. The highest BCUT2D eigenvalue weighted by atomic mass is 19.4. The molecule has 0 aliphatic carbocycles. The third-order valence-corrected chi connectivity index (χ3v) is 7.42. The maximum absolute atomic E-state index is 15.4. The Morgan fingerprint density at radius 1 is 1.07 bits per heavy atom. The molecule has 0 saturated carbocycles. The Balaban J connectivity index is 1.99. The van der Waals surface area contributed by atoms with Crippen molar-refractivity contribution in [2.75, 3.05) is 33.2 Å². The Hall–Kier alpha value is -3.05. The summed E-state index contributed by atoms with van der Waals surface area (Å²) in [5.41, 5.74) is -1.26. The van der Waals surface area contributed by atoms with Crippen molar-refractivity contribution >= 4 is 11.8 Å². The highest BCUT2D eigenvalue weighted by molar-refractivity contribution is 5.81. The summed E-state index contributed by atoms with van der Waals surface area (Å²) in [5, 5.41) is 17.1. The predicted octanol–water partition coefficient (Wildman–Crippen LogP) is 4.82. The molecule has 2 aromatic carbocycles. The van der Waals surface area contributed by atoms with Crippen LogP contribution in [-0.2, 0) is 15.2 Å². The maximum Gasteiger partial charge on any atom is 0.471 e. The number of rotatable bonds is 11. The normalized spacial score (nSPS) is 17.4. The summed E-state index contributed by atoms with van der Waals surface area (Å²) in [6.07, 6.45) is -3.34. The van der Waals surface area contributed by atoms with Crippen LogP contribution in [0.3, 0.4) is 0 Å². The van der Waals surface area contributed by atoms with E-state index in [4.69, 9.17) is 0 Å². The highest BCUT2D eigenvalue weighted by Crippen LogP contribution is 2.45. The minimum absolute atomic E-state index is 0.0484. The van der Waals surface area contributed by atoms with Gasteiger partial charge < -0.3 is 20.6 Å². The first-order valence-corrected chi connectivity index (χ1v) is 13.4. The highest BCUT2D eigenvalue weighted by Gasteiger charge is 2.44. The standard InChI is InChI=1S/C29H36F5N3O3/c1-19-11-12-23(30)21(17-19)26-22(8-3-9-24(26)31)28(40,13-6-15-36-27(39)29(32,33)34)20-7-5-16-37(18-20)25(38)10-4-14-35-2/h3,8-9,11-12,17,20,35,40H,4-7,10,13-16,18H2,1-2H3,(H,36,39)/t20?,28-/m0/s1. The molecule has 0 spiro atoms. The molecule has 2 atom stereocenters. The summed E-state index contributed by atoms with van der Waals surface area (Å²) in [7, 11) is 1.78. The van der Waals surface area contributed by atoms with E-state index in [2.05, 4.69) is 5.32 Å². The van der Waals surface area contributed by atoms with Gasteiger partial charge in [-0.05, 0) is 76.4 Å². The second-order valence-corrected chi connectivity index (χ2v) is 10.3. The number of amides is 2. The smallest absolute Gasteiger partial charge is 0.385 e. The number of likely N-dealkylation sites (tertiary alicyclic amines) is 1. The average molecular weight is 570 g/mol. The number of hydrogen-bond donors (Lipinski definition) is 3. The fourth-order valence-electron chi connectivity index (χ4n) is 5.38. The van der Waals surface area contributed by atoms with Crippen molar-refractivity contribution in [3.05, 3.63) is 59.2 Å². The number of nitrogens with one attached hydrogen (secondary N) is 2. The Labute approximate surface area is 230 Å². The third-order valence-electron chi connectivity index (χ3n) is 7.42. The first-order valence-electron chi connectivity index (χ1n) is 13.4. The molecule has 1 saturated heterocycles. The van der Waals surface area contributed by atoms with E-state index in [9.17, 15) is 27.9 Å². The van der Waals surface area contributed by atoms with Crippen molar-refractivity contribution in [1.29, 1.82) is 0 Å².